The largest absolute Gasteiger partial charge is 0.326 e. The molecule has 0 aliphatic carbocycles. The minimum atomic E-state index is -0.302. The third-order valence-corrected chi connectivity index (χ3v) is 2.26. The monoisotopic (exact) mass is 238 g/mol. The maximum absolute atomic E-state index is 12.6. The van der Waals surface area contributed by atoms with Crippen LogP contribution in [-0.2, 0) is 4.79 Å². The van der Waals surface area contributed by atoms with Crippen molar-refractivity contribution >= 4 is 11.6 Å². The van der Waals surface area contributed by atoms with E-state index >= 15 is 0 Å². The van der Waals surface area contributed by atoms with Crippen LogP contribution in [0.25, 0.3) is 0 Å². The molecule has 2 N–H and O–H groups in total. The van der Waals surface area contributed by atoms with Crippen molar-refractivity contribution in [2.75, 3.05) is 11.9 Å². The quantitative estimate of drug-likeness (QED) is 0.748. The van der Waals surface area contributed by atoms with Crippen LogP contribution in [0.1, 0.15) is 26.7 Å². The minimum Gasteiger partial charge on any atom is -0.326 e. The molecule has 1 amide bonds. The topological polar surface area (TPSA) is 41.1 Å². The Morgan fingerprint density at radius 2 is 1.94 bits per heavy atom. The van der Waals surface area contributed by atoms with Gasteiger partial charge in [-0.05, 0) is 37.2 Å². The summed E-state index contributed by atoms with van der Waals surface area (Å²) in [5.74, 6) is -0.341. The molecule has 17 heavy (non-hydrogen) atoms. The summed E-state index contributed by atoms with van der Waals surface area (Å²) < 4.78 is 12.6. The van der Waals surface area contributed by atoms with E-state index in [2.05, 4.69) is 24.5 Å². The first kappa shape index (κ1) is 13.6. The fraction of sp³-hybridized carbons (Fsp3) is 0.462. The number of benzene rings is 1. The number of amides is 1. The van der Waals surface area contributed by atoms with E-state index in [4.69, 9.17) is 0 Å². The molecule has 0 radical (unpaired) electrons. The molecule has 1 aromatic rings. The van der Waals surface area contributed by atoms with Crippen LogP contribution in [0, 0.1) is 5.82 Å². The Hall–Kier alpha value is -1.42. The van der Waals surface area contributed by atoms with E-state index in [0.29, 0.717) is 18.2 Å². The summed E-state index contributed by atoms with van der Waals surface area (Å²) in [6.45, 7) is 4.96. The van der Waals surface area contributed by atoms with Crippen LogP contribution in [0.2, 0.25) is 0 Å². The molecule has 94 valence electrons. The highest BCUT2D eigenvalue weighted by molar-refractivity contribution is 5.90. The second-order valence-corrected chi connectivity index (χ2v) is 4.27. The first-order valence-electron chi connectivity index (χ1n) is 5.86. The molecule has 0 aliphatic heterocycles. The summed E-state index contributed by atoms with van der Waals surface area (Å²) in [5, 5.41) is 5.97. The van der Waals surface area contributed by atoms with Crippen LogP contribution >= 0.6 is 0 Å². The van der Waals surface area contributed by atoms with Crippen LogP contribution in [-0.4, -0.2) is 18.5 Å². The van der Waals surface area contributed by atoms with E-state index in [1.807, 2.05) is 0 Å². The van der Waals surface area contributed by atoms with Crippen molar-refractivity contribution < 1.29 is 9.18 Å². The summed E-state index contributed by atoms with van der Waals surface area (Å²) in [5.41, 5.74) is 0.633. The molecular weight excluding hydrogens is 219 g/mol. The van der Waals surface area contributed by atoms with Crippen molar-refractivity contribution in [3.05, 3.63) is 30.1 Å². The van der Waals surface area contributed by atoms with E-state index in [1.54, 1.807) is 12.1 Å². The Morgan fingerprint density at radius 3 is 2.53 bits per heavy atom. The van der Waals surface area contributed by atoms with Crippen molar-refractivity contribution in [1.82, 2.24) is 5.32 Å². The normalized spacial score (nSPS) is 10.6. The lowest BCUT2D eigenvalue weighted by atomic mass is 10.2. The van der Waals surface area contributed by atoms with Crippen molar-refractivity contribution in [2.45, 2.75) is 32.7 Å². The fourth-order valence-electron chi connectivity index (χ4n) is 1.40. The van der Waals surface area contributed by atoms with Crippen LogP contribution in [0.4, 0.5) is 10.1 Å². The highest BCUT2D eigenvalue weighted by atomic mass is 19.1. The average molecular weight is 238 g/mol. The molecule has 0 fully saturated rings. The van der Waals surface area contributed by atoms with Gasteiger partial charge in [0.2, 0.25) is 5.91 Å². The lowest BCUT2D eigenvalue weighted by Gasteiger charge is -2.08. The van der Waals surface area contributed by atoms with Gasteiger partial charge in [-0.3, -0.25) is 4.79 Å². The Bertz CT molecular complexity index is 349. The molecule has 1 rings (SSSR count). The standard InChI is InChI=1S/C13H19FN2O/c1-10(2)15-9-3-4-13(17)16-12-7-5-11(14)6-8-12/h5-8,10,15H,3-4,9H2,1-2H3,(H,16,17). The Balaban J connectivity index is 2.23. The highest BCUT2D eigenvalue weighted by Crippen LogP contribution is 2.08. The lowest BCUT2D eigenvalue weighted by molar-refractivity contribution is -0.116. The second-order valence-electron chi connectivity index (χ2n) is 4.27. The van der Waals surface area contributed by atoms with Crippen molar-refractivity contribution in [2.24, 2.45) is 0 Å². The smallest absolute Gasteiger partial charge is 0.224 e. The second kappa shape index (κ2) is 7.01. The van der Waals surface area contributed by atoms with Gasteiger partial charge < -0.3 is 10.6 Å². The van der Waals surface area contributed by atoms with E-state index in [1.165, 1.54) is 12.1 Å². The van der Waals surface area contributed by atoms with Crippen molar-refractivity contribution in [1.29, 1.82) is 0 Å². The van der Waals surface area contributed by atoms with Gasteiger partial charge in [-0.25, -0.2) is 4.39 Å². The number of nitrogens with one attached hydrogen (secondary N) is 2. The van der Waals surface area contributed by atoms with Crippen LogP contribution < -0.4 is 10.6 Å². The first-order chi connectivity index (χ1) is 8.08. The summed E-state index contributed by atoms with van der Waals surface area (Å²) >= 11 is 0. The van der Waals surface area contributed by atoms with Crippen molar-refractivity contribution in [3.63, 3.8) is 0 Å². The molecule has 0 aromatic heterocycles. The molecule has 0 heterocycles. The van der Waals surface area contributed by atoms with Gasteiger partial charge in [0, 0.05) is 18.2 Å². The Kier molecular flexibility index (Phi) is 5.63. The molecular formula is C13H19FN2O. The maximum atomic E-state index is 12.6. The van der Waals surface area contributed by atoms with Gasteiger partial charge in [0.1, 0.15) is 5.82 Å². The predicted molar refractivity (Wildman–Crippen MR) is 67.4 cm³/mol. The van der Waals surface area contributed by atoms with Gasteiger partial charge in [0.05, 0.1) is 0 Å². The fourth-order valence-corrected chi connectivity index (χ4v) is 1.40. The molecule has 0 saturated carbocycles. The minimum absolute atomic E-state index is 0.0397. The molecule has 1 aromatic carbocycles. The Labute approximate surface area is 101 Å². The van der Waals surface area contributed by atoms with Gasteiger partial charge >= 0.3 is 0 Å². The molecule has 4 heteroatoms. The van der Waals surface area contributed by atoms with Crippen LogP contribution in [0.5, 0.6) is 0 Å². The average Bonchev–Trinajstić information content (AvgIpc) is 2.27. The predicted octanol–water partition coefficient (Wildman–Crippen LogP) is 2.54. The van der Waals surface area contributed by atoms with Gasteiger partial charge in [-0.2, -0.15) is 0 Å². The number of rotatable bonds is 6. The third kappa shape index (κ3) is 6.02. The first-order valence-corrected chi connectivity index (χ1v) is 5.86. The zero-order valence-corrected chi connectivity index (χ0v) is 10.3. The molecule has 0 atom stereocenters. The van der Waals surface area contributed by atoms with Gasteiger partial charge in [-0.15, -0.1) is 0 Å². The maximum Gasteiger partial charge on any atom is 0.224 e. The van der Waals surface area contributed by atoms with Gasteiger partial charge in [0.15, 0.2) is 0 Å². The van der Waals surface area contributed by atoms with E-state index in [9.17, 15) is 9.18 Å². The van der Waals surface area contributed by atoms with Crippen LogP contribution in [0.15, 0.2) is 24.3 Å². The molecule has 0 unspecified atom stereocenters. The zero-order valence-electron chi connectivity index (χ0n) is 10.3. The highest BCUT2D eigenvalue weighted by Gasteiger charge is 2.02. The number of halogens is 1. The SMILES string of the molecule is CC(C)NCCCC(=O)Nc1ccc(F)cc1. The van der Waals surface area contributed by atoms with Gasteiger partial charge in [-0.1, -0.05) is 13.8 Å². The van der Waals surface area contributed by atoms with E-state index < -0.39 is 0 Å². The van der Waals surface area contributed by atoms with Crippen LogP contribution in [0.3, 0.4) is 0 Å². The van der Waals surface area contributed by atoms with E-state index in [0.717, 1.165) is 13.0 Å². The number of hydrogen-bond donors (Lipinski definition) is 2. The summed E-state index contributed by atoms with van der Waals surface area (Å²) in [4.78, 5) is 11.5. The van der Waals surface area contributed by atoms with E-state index in [-0.39, 0.29) is 11.7 Å². The molecule has 0 saturated heterocycles. The molecule has 0 spiro atoms. The summed E-state index contributed by atoms with van der Waals surface area (Å²) in [7, 11) is 0. The van der Waals surface area contributed by atoms with Gasteiger partial charge in [0.25, 0.3) is 0 Å². The number of hydrogen-bond acceptors (Lipinski definition) is 2. The summed E-state index contributed by atoms with van der Waals surface area (Å²) in [6, 6.07) is 6.21. The Morgan fingerprint density at radius 1 is 1.29 bits per heavy atom. The number of anilines is 1. The number of carbonyl (C=O) groups is 1. The van der Waals surface area contributed by atoms with Crippen molar-refractivity contribution in [3.8, 4) is 0 Å². The summed E-state index contributed by atoms with van der Waals surface area (Å²) in [6.07, 6.45) is 1.27. The lowest BCUT2D eigenvalue weighted by Crippen LogP contribution is -2.24. The third-order valence-electron chi connectivity index (χ3n) is 2.26. The molecule has 3 nitrogen and oxygen atoms in total. The zero-order chi connectivity index (χ0) is 12.7. The molecule has 0 bridgehead atoms. The number of carbonyl (C=O) groups excluding carboxylic acids is 1. The molecule has 0 aliphatic rings.